The third-order valence-corrected chi connectivity index (χ3v) is 6.08. The van der Waals surface area contributed by atoms with E-state index < -0.39 is 6.10 Å². The van der Waals surface area contributed by atoms with Crippen LogP contribution in [0.15, 0.2) is 48.5 Å². The summed E-state index contributed by atoms with van der Waals surface area (Å²) in [6.45, 7) is 9.16. The Bertz CT molecular complexity index is 711. The van der Waals surface area contributed by atoms with E-state index in [0.717, 1.165) is 42.3 Å². The predicted molar refractivity (Wildman–Crippen MR) is 121 cm³/mol. The summed E-state index contributed by atoms with van der Waals surface area (Å²) in [5.74, 6) is 1.62. The van der Waals surface area contributed by atoms with Gasteiger partial charge in [-0.25, -0.2) is 0 Å². The highest BCUT2D eigenvalue weighted by molar-refractivity contribution is 5.36. The molecule has 0 radical (unpaired) electrons. The van der Waals surface area contributed by atoms with Gasteiger partial charge in [0.1, 0.15) is 56.4 Å². The summed E-state index contributed by atoms with van der Waals surface area (Å²) >= 11 is 0. The van der Waals surface area contributed by atoms with Crippen molar-refractivity contribution >= 4 is 0 Å². The molecule has 2 aromatic carbocycles. The third kappa shape index (κ3) is 6.94. The molecule has 1 fully saturated rings. The van der Waals surface area contributed by atoms with Gasteiger partial charge in [0.05, 0.1) is 27.4 Å². The monoisotopic (exact) mass is 430 g/mol. The lowest BCUT2D eigenvalue weighted by Gasteiger charge is -2.31. The number of quaternary nitrogens is 2. The van der Waals surface area contributed by atoms with E-state index in [0.29, 0.717) is 6.61 Å². The van der Waals surface area contributed by atoms with Gasteiger partial charge in [-0.2, -0.15) is 0 Å². The lowest BCUT2D eigenvalue weighted by molar-refractivity contribution is -1.01. The Balaban J connectivity index is 1.61. The minimum Gasteiger partial charge on any atom is -0.497 e. The summed E-state index contributed by atoms with van der Waals surface area (Å²) in [4.78, 5) is 3.16. The van der Waals surface area contributed by atoms with Crippen LogP contribution in [0.1, 0.15) is 30.6 Å². The van der Waals surface area contributed by atoms with Crippen molar-refractivity contribution in [3.63, 3.8) is 0 Å². The molecule has 0 spiro atoms. The summed E-state index contributed by atoms with van der Waals surface area (Å²) in [6, 6.07) is 15.8. The molecule has 1 saturated heterocycles. The van der Waals surface area contributed by atoms with E-state index >= 15 is 0 Å². The molecule has 0 amide bonds. The Labute approximate surface area is 186 Å². The molecular formula is C25H38N2O4+2. The Hall–Kier alpha value is -2.12. The van der Waals surface area contributed by atoms with Gasteiger partial charge in [0, 0.05) is 0 Å². The van der Waals surface area contributed by atoms with Gasteiger partial charge < -0.3 is 29.1 Å². The molecule has 170 valence electrons. The molecule has 3 N–H and O–H groups in total. The van der Waals surface area contributed by atoms with Crippen molar-refractivity contribution in [3.05, 3.63) is 59.7 Å². The molecule has 1 aliphatic rings. The van der Waals surface area contributed by atoms with Crippen LogP contribution >= 0.6 is 0 Å². The second kappa shape index (κ2) is 12.1. The molecule has 3 rings (SSSR count). The number of rotatable bonds is 11. The Morgan fingerprint density at radius 3 is 1.74 bits per heavy atom. The second-order valence-electron chi connectivity index (χ2n) is 8.37. The van der Waals surface area contributed by atoms with Crippen molar-refractivity contribution in [2.45, 2.75) is 25.6 Å². The third-order valence-electron chi connectivity index (χ3n) is 6.08. The average Bonchev–Trinajstić information content (AvgIpc) is 2.81. The SMILES string of the molecule is CCC[NH+]1CC[NH+](C[C@@H](O)COC(c2ccc(OC)cc2)c2ccc(OC)cc2)CC1. The van der Waals surface area contributed by atoms with Crippen LogP contribution in [0.3, 0.4) is 0 Å². The van der Waals surface area contributed by atoms with E-state index in [1.54, 1.807) is 19.1 Å². The molecule has 1 aliphatic heterocycles. The molecule has 31 heavy (non-hydrogen) atoms. The standard InChI is InChI=1S/C25H36N2O4/c1-4-13-26-14-16-27(17-15-26)18-22(28)19-31-25(20-5-9-23(29-2)10-6-20)21-7-11-24(30-3)12-8-21/h5-12,22,25,28H,4,13-19H2,1-3H3/p+2/t22-/m1/s1. The predicted octanol–water partition coefficient (Wildman–Crippen LogP) is 0.364. The van der Waals surface area contributed by atoms with Crippen LogP contribution in [-0.4, -0.2) is 71.3 Å². The first-order valence-electron chi connectivity index (χ1n) is 11.4. The first kappa shape index (κ1) is 23.5. The van der Waals surface area contributed by atoms with Crippen LogP contribution in [0.4, 0.5) is 0 Å². The van der Waals surface area contributed by atoms with E-state index in [9.17, 15) is 5.11 Å². The molecule has 1 atom stereocenters. The van der Waals surface area contributed by atoms with Crippen LogP contribution in [-0.2, 0) is 4.74 Å². The van der Waals surface area contributed by atoms with Crippen LogP contribution in [0.25, 0.3) is 0 Å². The van der Waals surface area contributed by atoms with Gasteiger partial charge in [-0.05, 0) is 41.8 Å². The van der Waals surface area contributed by atoms with Crippen molar-refractivity contribution in [3.8, 4) is 11.5 Å². The molecule has 0 bridgehead atoms. The summed E-state index contributed by atoms with van der Waals surface area (Å²) in [6.07, 6.45) is 0.494. The fraction of sp³-hybridized carbons (Fsp3) is 0.520. The number of hydrogen-bond donors (Lipinski definition) is 3. The Kier molecular flexibility index (Phi) is 9.15. The molecule has 1 heterocycles. The molecular weight excluding hydrogens is 392 g/mol. The summed E-state index contributed by atoms with van der Waals surface area (Å²) in [5, 5.41) is 10.7. The summed E-state index contributed by atoms with van der Waals surface area (Å²) in [5.41, 5.74) is 2.06. The van der Waals surface area contributed by atoms with Crippen LogP contribution < -0.4 is 19.3 Å². The van der Waals surface area contributed by atoms with E-state index in [1.807, 2.05) is 48.5 Å². The number of methoxy groups -OCH3 is 2. The van der Waals surface area contributed by atoms with Gasteiger partial charge in [0.2, 0.25) is 0 Å². The highest BCUT2D eigenvalue weighted by Crippen LogP contribution is 2.29. The number of aliphatic hydroxyl groups is 1. The van der Waals surface area contributed by atoms with E-state index in [1.165, 1.54) is 31.0 Å². The number of aliphatic hydroxyl groups excluding tert-OH is 1. The van der Waals surface area contributed by atoms with Crippen molar-refractivity contribution in [1.82, 2.24) is 0 Å². The van der Waals surface area contributed by atoms with Gasteiger partial charge in [-0.15, -0.1) is 0 Å². The zero-order valence-electron chi connectivity index (χ0n) is 19.1. The van der Waals surface area contributed by atoms with Crippen molar-refractivity contribution in [2.75, 3.05) is 60.1 Å². The Morgan fingerprint density at radius 1 is 0.806 bits per heavy atom. The topological polar surface area (TPSA) is 56.8 Å². The van der Waals surface area contributed by atoms with E-state index in [-0.39, 0.29) is 6.10 Å². The number of ether oxygens (including phenoxy) is 3. The van der Waals surface area contributed by atoms with Crippen molar-refractivity contribution in [1.29, 1.82) is 0 Å². The van der Waals surface area contributed by atoms with Gasteiger partial charge in [-0.1, -0.05) is 31.2 Å². The molecule has 0 aliphatic carbocycles. The van der Waals surface area contributed by atoms with Gasteiger partial charge in [0.25, 0.3) is 0 Å². The smallest absolute Gasteiger partial charge is 0.127 e. The number of benzene rings is 2. The lowest BCUT2D eigenvalue weighted by Crippen LogP contribution is -3.28. The molecule has 0 saturated carbocycles. The number of nitrogens with one attached hydrogen (secondary N) is 2. The van der Waals surface area contributed by atoms with Crippen LogP contribution in [0.2, 0.25) is 0 Å². The first-order valence-corrected chi connectivity index (χ1v) is 11.4. The normalized spacial score (nSPS) is 19.9. The van der Waals surface area contributed by atoms with Gasteiger partial charge in [0.15, 0.2) is 0 Å². The van der Waals surface area contributed by atoms with Crippen LogP contribution in [0, 0.1) is 0 Å². The highest BCUT2D eigenvalue weighted by Gasteiger charge is 2.25. The molecule has 6 nitrogen and oxygen atoms in total. The fourth-order valence-electron chi connectivity index (χ4n) is 4.31. The molecule has 0 unspecified atom stereocenters. The fourth-order valence-corrected chi connectivity index (χ4v) is 4.31. The maximum atomic E-state index is 10.7. The minimum absolute atomic E-state index is 0.257. The van der Waals surface area contributed by atoms with Gasteiger partial charge >= 0.3 is 0 Å². The molecule has 0 aromatic heterocycles. The first-order chi connectivity index (χ1) is 15.1. The van der Waals surface area contributed by atoms with Crippen LogP contribution in [0.5, 0.6) is 11.5 Å². The van der Waals surface area contributed by atoms with Crippen molar-refractivity contribution < 1.29 is 29.1 Å². The van der Waals surface area contributed by atoms with E-state index in [2.05, 4.69) is 6.92 Å². The summed E-state index contributed by atoms with van der Waals surface area (Å²) in [7, 11) is 3.32. The zero-order valence-corrected chi connectivity index (χ0v) is 19.1. The van der Waals surface area contributed by atoms with Crippen molar-refractivity contribution in [2.24, 2.45) is 0 Å². The van der Waals surface area contributed by atoms with Gasteiger partial charge in [-0.3, -0.25) is 0 Å². The number of piperazine rings is 1. The minimum atomic E-state index is -0.485. The second-order valence-corrected chi connectivity index (χ2v) is 8.37. The molecule has 2 aromatic rings. The maximum Gasteiger partial charge on any atom is 0.127 e. The quantitative estimate of drug-likeness (QED) is 0.482. The largest absolute Gasteiger partial charge is 0.497 e. The highest BCUT2D eigenvalue weighted by atomic mass is 16.5. The lowest BCUT2D eigenvalue weighted by atomic mass is 10.0. The average molecular weight is 431 g/mol. The van der Waals surface area contributed by atoms with E-state index in [4.69, 9.17) is 14.2 Å². The molecule has 6 heteroatoms. The zero-order chi connectivity index (χ0) is 22.1. The Morgan fingerprint density at radius 2 is 1.29 bits per heavy atom. The summed E-state index contributed by atoms with van der Waals surface area (Å²) < 4.78 is 16.9. The maximum absolute atomic E-state index is 10.7. The number of hydrogen-bond acceptors (Lipinski definition) is 4.